The number of fused-ring (bicyclic) bond motifs is 1. The van der Waals surface area contributed by atoms with Gasteiger partial charge in [-0.05, 0) is 43.1 Å². The first-order valence-corrected chi connectivity index (χ1v) is 8.62. The molecular weight excluding hydrogens is 286 g/mol. The molecule has 1 aliphatic rings. The second-order valence-electron chi connectivity index (χ2n) is 6.30. The molecule has 0 radical (unpaired) electrons. The van der Waals surface area contributed by atoms with Gasteiger partial charge in [-0.15, -0.1) is 0 Å². The standard InChI is InChI=1S/C19H25N3O/c1-2-3-6-19(23)22(17-9-11-20-13-17)14-15-7-8-18-16(12-15)5-4-10-21-18/h4-5,7-8,10,12,17,20H,2-3,6,9,11,13-14H2,1H3/t17-/m1/s1. The van der Waals surface area contributed by atoms with E-state index in [1.54, 1.807) is 0 Å². The Balaban J connectivity index is 1.79. The van der Waals surface area contributed by atoms with Crippen LogP contribution in [0.25, 0.3) is 10.9 Å². The van der Waals surface area contributed by atoms with Crippen molar-refractivity contribution in [3.8, 4) is 0 Å². The Morgan fingerprint density at radius 3 is 3.09 bits per heavy atom. The summed E-state index contributed by atoms with van der Waals surface area (Å²) >= 11 is 0. The molecule has 1 N–H and O–H groups in total. The number of pyridine rings is 1. The maximum atomic E-state index is 12.6. The summed E-state index contributed by atoms with van der Waals surface area (Å²) in [7, 11) is 0. The lowest BCUT2D eigenvalue weighted by Crippen LogP contribution is -2.41. The minimum Gasteiger partial charge on any atom is -0.334 e. The van der Waals surface area contributed by atoms with Crippen molar-refractivity contribution in [2.24, 2.45) is 0 Å². The summed E-state index contributed by atoms with van der Waals surface area (Å²) in [5.41, 5.74) is 2.19. The van der Waals surface area contributed by atoms with E-state index in [1.807, 2.05) is 18.3 Å². The van der Waals surface area contributed by atoms with E-state index in [4.69, 9.17) is 0 Å². The van der Waals surface area contributed by atoms with Crippen molar-refractivity contribution in [2.45, 2.75) is 45.2 Å². The average Bonchev–Trinajstić information content (AvgIpc) is 3.11. The zero-order valence-corrected chi connectivity index (χ0v) is 13.8. The highest BCUT2D eigenvalue weighted by Gasteiger charge is 2.26. The second kappa shape index (κ2) is 7.55. The lowest BCUT2D eigenvalue weighted by Gasteiger charge is -2.29. The van der Waals surface area contributed by atoms with Crippen LogP contribution in [0.4, 0.5) is 0 Å². The molecule has 4 heteroatoms. The SMILES string of the molecule is CCCCC(=O)N(Cc1ccc2ncccc2c1)[C@@H]1CCNC1. The molecule has 1 fully saturated rings. The molecule has 1 aromatic heterocycles. The van der Waals surface area contributed by atoms with Crippen LogP contribution in [0.3, 0.4) is 0 Å². The molecule has 1 aliphatic heterocycles. The molecule has 0 spiro atoms. The smallest absolute Gasteiger partial charge is 0.223 e. The summed E-state index contributed by atoms with van der Waals surface area (Å²) < 4.78 is 0. The van der Waals surface area contributed by atoms with Crippen molar-refractivity contribution >= 4 is 16.8 Å². The van der Waals surface area contributed by atoms with Crippen molar-refractivity contribution in [1.82, 2.24) is 15.2 Å². The summed E-state index contributed by atoms with van der Waals surface area (Å²) in [6.07, 6.45) is 5.54. The van der Waals surface area contributed by atoms with Gasteiger partial charge in [-0.3, -0.25) is 9.78 Å². The van der Waals surface area contributed by atoms with Crippen molar-refractivity contribution in [2.75, 3.05) is 13.1 Å². The van der Waals surface area contributed by atoms with Crippen molar-refractivity contribution in [3.05, 3.63) is 42.1 Å². The monoisotopic (exact) mass is 311 g/mol. The first-order chi connectivity index (χ1) is 11.3. The molecule has 0 bridgehead atoms. The minimum atomic E-state index is 0.284. The third kappa shape index (κ3) is 3.88. The van der Waals surface area contributed by atoms with Gasteiger partial charge < -0.3 is 10.2 Å². The van der Waals surface area contributed by atoms with E-state index < -0.39 is 0 Å². The number of unbranched alkanes of at least 4 members (excludes halogenated alkanes) is 1. The van der Waals surface area contributed by atoms with Crippen LogP contribution in [0.2, 0.25) is 0 Å². The van der Waals surface area contributed by atoms with Gasteiger partial charge in [-0.1, -0.05) is 25.5 Å². The Kier molecular flexibility index (Phi) is 5.23. The van der Waals surface area contributed by atoms with Gasteiger partial charge in [0.15, 0.2) is 0 Å². The largest absolute Gasteiger partial charge is 0.334 e. The maximum absolute atomic E-state index is 12.6. The molecule has 2 heterocycles. The number of rotatable bonds is 6. The van der Waals surface area contributed by atoms with E-state index in [0.29, 0.717) is 19.0 Å². The topological polar surface area (TPSA) is 45.2 Å². The zero-order valence-electron chi connectivity index (χ0n) is 13.8. The number of aromatic nitrogens is 1. The molecule has 0 saturated carbocycles. The summed E-state index contributed by atoms with van der Waals surface area (Å²) in [5, 5.41) is 4.51. The molecule has 23 heavy (non-hydrogen) atoms. The molecule has 1 atom stereocenters. The number of carbonyl (C=O) groups is 1. The lowest BCUT2D eigenvalue weighted by molar-refractivity contribution is -0.134. The zero-order chi connectivity index (χ0) is 16.1. The molecule has 2 aromatic rings. The quantitative estimate of drug-likeness (QED) is 0.891. The van der Waals surface area contributed by atoms with Gasteiger partial charge in [-0.2, -0.15) is 0 Å². The normalized spacial score (nSPS) is 17.5. The van der Waals surface area contributed by atoms with E-state index in [9.17, 15) is 4.79 Å². The number of benzene rings is 1. The van der Waals surface area contributed by atoms with Crippen LogP contribution in [0.5, 0.6) is 0 Å². The summed E-state index contributed by atoms with van der Waals surface area (Å²) in [6, 6.07) is 10.7. The van der Waals surface area contributed by atoms with Gasteiger partial charge in [-0.25, -0.2) is 0 Å². The fourth-order valence-corrected chi connectivity index (χ4v) is 3.22. The number of nitrogens with zero attached hydrogens (tertiary/aromatic N) is 2. The Morgan fingerprint density at radius 2 is 2.30 bits per heavy atom. The van der Waals surface area contributed by atoms with Crippen LogP contribution in [0.1, 0.15) is 38.2 Å². The van der Waals surface area contributed by atoms with Gasteiger partial charge in [0.2, 0.25) is 5.91 Å². The second-order valence-corrected chi connectivity index (χ2v) is 6.30. The van der Waals surface area contributed by atoms with Crippen molar-refractivity contribution < 1.29 is 4.79 Å². The minimum absolute atomic E-state index is 0.284. The van der Waals surface area contributed by atoms with Crippen LogP contribution < -0.4 is 5.32 Å². The number of hydrogen-bond donors (Lipinski definition) is 1. The van der Waals surface area contributed by atoms with E-state index in [-0.39, 0.29) is 5.91 Å². The summed E-state index contributed by atoms with van der Waals surface area (Å²) in [5.74, 6) is 0.284. The highest BCUT2D eigenvalue weighted by Crippen LogP contribution is 2.19. The predicted octanol–water partition coefficient (Wildman–Crippen LogP) is 3.12. The molecule has 3 rings (SSSR count). The van der Waals surface area contributed by atoms with Gasteiger partial charge in [0, 0.05) is 37.1 Å². The Bertz CT molecular complexity index is 664. The van der Waals surface area contributed by atoms with E-state index in [2.05, 4.69) is 40.3 Å². The highest BCUT2D eigenvalue weighted by molar-refractivity contribution is 5.79. The molecule has 0 aliphatic carbocycles. The lowest BCUT2D eigenvalue weighted by atomic mass is 10.1. The van der Waals surface area contributed by atoms with Gasteiger partial charge in [0.05, 0.1) is 5.52 Å². The van der Waals surface area contributed by atoms with Crippen LogP contribution in [-0.4, -0.2) is 34.9 Å². The number of hydrogen-bond acceptors (Lipinski definition) is 3. The third-order valence-electron chi connectivity index (χ3n) is 4.56. The molecule has 1 aromatic carbocycles. The summed E-state index contributed by atoms with van der Waals surface area (Å²) in [4.78, 5) is 19.1. The Labute approximate surface area is 137 Å². The molecular formula is C19H25N3O. The van der Waals surface area contributed by atoms with Crippen LogP contribution in [0, 0.1) is 0 Å². The molecule has 1 amide bonds. The van der Waals surface area contributed by atoms with Gasteiger partial charge in [0.1, 0.15) is 0 Å². The Morgan fingerprint density at radius 1 is 1.39 bits per heavy atom. The fourth-order valence-electron chi connectivity index (χ4n) is 3.22. The highest BCUT2D eigenvalue weighted by atomic mass is 16.2. The van der Waals surface area contributed by atoms with Crippen molar-refractivity contribution in [1.29, 1.82) is 0 Å². The molecule has 4 nitrogen and oxygen atoms in total. The van der Waals surface area contributed by atoms with Gasteiger partial charge >= 0.3 is 0 Å². The Hall–Kier alpha value is -1.94. The molecule has 1 saturated heterocycles. The van der Waals surface area contributed by atoms with E-state index in [0.717, 1.165) is 43.3 Å². The number of nitrogens with one attached hydrogen (secondary N) is 1. The average molecular weight is 311 g/mol. The molecule has 122 valence electrons. The number of amides is 1. The molecule has 0 unspecified atom stereocenters. The van der Waals surface area contributed by atoms with Gasteiger partial charge in [0.25, 0.3) is 0 Å². The van der Waals surface area contributed by atoms with Crippen LogP contribution >= 0.6 is 0 Å². The fraction of sp³-hybridized carbons (Fsp3) is 0.474. The van der Waals surface area contributed by atoms with Crippen molar-refractivity contribution in [3.63, 3.8) is 0 Å². The third-order valence-corrected chi connectivity index (χ3v) is 4.56. The number of carbonyl (C=O) groups excluding carboxylic acids is 1. The van der Waals surface area contributed by atoms with Crippen LogP contribution in [-0.2, 0) is 11.3 Å². The van der Waals surface area contributed by atoms with Crippen LogP contribution in [0.15, 0.2) is 36.5 Å². The van der Waals surface area contributed by atoms with E-state index >= 15 is 0 Å². The first kappa shape index (κ1) is 15.9. The maximum Gasteiger partial charge on any atom is 0.223 e. The van der Waals surface area contributed by atoms with E-state index in [1.165, 1.54) is 5.56 Å². The predicted molar refractivity (Wildman–Crippen MR) is 93.1 cm³/mol. The first-order valence-electron chi connectivity index (χ1n) is 8.62. The summed E-state index contributed by atoms with van der Waals surface area (Å²) in [6.45, 7) is 4.74.